The second-order valence-corrected chi connectivity index (χ2v) is 6.82. The Morgan fingerprint density at radius 2 is 1.60 bits per heavy atom. The highest BCUT2D eigenvalue weighted by molar-refractivity contribution is 5.78. The average Bonchev–Trinajstić information content (AvgIpc) is 2.63. The van der Waals surface area contributed by atoms with Gasteiger partial charge >= 0.3 is 0 Å². The number of nitrogens with zero attached hydrogens (tertiary/aromatic N) is 2. The Hall–Kier alpha value is -2.35. The molecule has 0 saturated carbocycles. The molecular formula is C23H29N2+. The molecule has 0 amide bonds. The maximum Gasteiger partial charge on any atom is 0.213 e. The molecule has 0 spiro atoms. The van der Waals surface area contributed by atoms with E-state index in [4.69, 9.17) is 0 Å². The summed E-state index contributed by atoms with van der Waals surface area (Å²) in [7, 11) is 2.17. The molecule has 3 rings (SSSR count). The summed E-state index contributed by atoms with van der Waals surface area (Å²) in [5.41, 5.74) is 6.51. The molecule has 0 radical (unpaired) electrons. The summed E-state index contributed by atoms with van der Waals surface area (Å²) in [5, 5.41) is 1.28. The van der Waals surface area contributed by atoms with Crippen LogP contribution in [0, 0.1) is 6.92 Å². The van der Waals surface area contributed by atoms with Crippen molar-refractivity contribution in [1.29, 1.82) is 0 Å². The van der Waals surface area contributed by atoms with E-state index in [9.17, 15) is 0 Å². The van der Waals surface area contributed by atoms with Crippen molar-refractivity contribution in [2.75, 3.05) is 18.0 Å². The quantitative estimate of drug-likeness (QED) is 0.558. The topological polar surface area (TPSA) is 7.12 Å². The van der Waals surface area contributed by atoms with Crippen LogP contribution in [0.5, 0.6) is 0 Å². The van der Waals surface area contributed by atoms with E-state index in [1.807, 2.05) is 0 Å². The molecule has 0 bridgehead atoms. The van der Waals surface area contributed by atoms with Gasteiger partial charge in [0.05, 0.1) is 5.56 Å². The van der Waals surface area contributed by atoms with Crippen LogP contribution in [-0.2, 0) is 7.05 Å². The van der Waals surface area contributed by atoms with Gasteiger partial charge in [-0.3, -0.25) is 0 Å². The minimum Gasteiger partial charge on any atom is -0.372 e. The zero-order valence-corrected chi connectivity index (χ0v) is 15.9. The SMILES string of the molecule is CCCN(CCC)c1ccc(C)c(-c2ccc3ccccc3[n+]2C)c1. The van der Waals surface area contributed by atoms with Crippen LogP contribution in [0.25, 0.3) is 22.2 Å². The zero-order valence-electron chi connectivity index (χ0n) is 15.9. The molecule has 1 aromatic heterocycles. The first-order valence-corrected chi connectivity index (χ1v) is 9.39. The molecule has 0 aliphatic heterocycles. The first kappa shape index (κ1) is 17.5. The first-order chi connectivity index (χ1) is 12.2. The highest BCUT2D eigenvalue weighted by Crippen LogP contribution is 2.28. The lowest BCUT2D eigenvalue weighted by molar-refractivity contribution is -0.633. The van der Waals surface area contributed by atoms with Crippen molar-refractivity contribution < 1.29 is 4.57 Å². The van der Waals surface area contributed by atoms with E-state index < -0.39 is 0 Å². The molecule has 3 aromatic rings. The molecule has 0 saturated heterocycles. The third-order valence-corrected chi connectivity index (χ3v) is 4.93. The van der Waals surface area contributed by atoms with Crippen molar-refractivity contribution in [3.8, 4) is 11.3 Å². The highest BCUT2D eigenvalue weighted by atomic mass is 15.1. The molecule has 0 aliphatic rings. The van der Waals surface area contributed by atoms with Crippen LogP contribution < -0.4 is 9.47 Å². The Labute approximate surface area is 151 Å². The standard InChI is InChI=1S/C23H29N2/c1-5-15-25(16-6-2)20-13-11-18(3)21(17-20)23-14-12-19-9-7-8-10-22(19)24(23)4/h7-14,17H,5-6,15-16H2,1-4H3/q+1. The van der Waals surface area contributed by atoms with Gasteiger partial charge in [-0.2, -0.15) is 4.57 Å². The molecule has 2 nitrogen and oxygen atoms in total. The Kier molecular flexibility index (Phi) is 5.37. The van der Waals surface area contributed by atoms with E-state index in [1.165, 1.54) is 46.3 Å². The van der Waals surface area contributed by atoms with Crippen molar-refractivity contribution in [3.05, 3.63) is 60.2 Å². The van der Waals surface area contributed by atoms with Crippen molar-refractivity contribution in [1.82, 2.24) is 0 Å². The number of hydrogen-bond donors (Lipinski definition) is 0. The second-order valence-electron chi connectivity index (χ2n) is 6.82. The number of aromatic nitrogens is 1. The van der Waals surface area contributed by atoms with Gasteiger partial charge < -0.3 is 4.90 Å². The number of aryl methyl sites for hydroxylation is 2. The van der Waals surface area contributed by atoms with Gasteiger partial charge in [0.15, 0.2) is 0 Å². The summed E-state index contributed by atoms with van der Waals surface area (Å²) < 4.78 is 2.31. The lowest BCUT2D eigenvalue weighted by Gasteiger charge is -2.24. The predicted octanol–water partition coefficient (Wildman–Crippen LogP) is 5.27. The average molecular weight is 333 g/mol. The highest BCUT2D eigenvalue weighted by Gasteiger charge is 2.17. The van der Waals surface area contributed by atoms with E-state index >= 15 is 0 Å². The van der Waals surface area contributed by atoms with Gasteiger partial charge in [-0.25, -0.2) is 0 Å². The number of hydrogen-bond acceptors (Lipinski definition) is 1. The van der Waals surface area contributed by atoms with E-state index in [-0.39, 0.29) is 0 Å². The first-order valence-electron chi connectivity index (χ1n) is 9.39. The molecule has 130 valence electrons. The normalized spacial score (nSPS) is 11.0. The van der Waals surface area contributed by atoms with Crippen LogP contribution in [0.4, 0.5) is 5.69 Å². The number of para-hydroxylation sites is 1. The molecule has 2 aromatic carbocycles. The van der Waals surface area contributed by atoms with Crippen LogP contribution in [0.2, 0.25) is 0 Å². The molecule has 25 heavy (non-hydrogen) atoms. The minimum atomic E-state index is 1.11. The monoisotopic (exact) mass is 333 g/mol. The van der Waals surface area contributed by atoms with E-state index in [0.29, 0.717) is 0 Å². The molecule has 0 fully saturated rings. The summed E-state index contributed by atoms with van der Waals surface area (Å²) in [6.45, 7) is 8.93. The fourth-order valence-electron chi connectivity index (χ4n) is 3.61. The third-order valence-electron chi connectivity index (χ3n) is 4.93. The summed E-state index contributed by atoms with van der Waals surface area (Å²) >= 11 is 0. The van der Waals surface area contributed by atoms with Crippen molar-refractivity contribution in [2.45, 2.75) is 33.6 Å². The second kappa shape index (κ2) is 7.69. The van der Waals surface area contributed by atoms with Gasteiger partial charge in [0.2, 0.25) is 11.2 Å². The molecule has 0 N–H and O–H groups in total. The Bertz CT molecular complexity index is 861. The predicted molar refractivity (Wildman–Crippen MR) is 108 cm³/mol. The summed E-state index contributed by atoms with van der Waals surface area (Å²) in [4.78, 5) is 2.50. The number of benzene rings is 2. The van der Waals surface area contributed by atoms with Crippen LogP contribution in [-0.4, -0.2) is 13.1 Å². The van der Waals surface area contributed by atoms with Crippen molar-refractivity contribution in [2.24, 2.45) is 7.05 Å². The van der Waals surface area contributed by atoms with E-state index in [1.54, 1.807) is 0 Å². The number of fused-ring (bicyclic) bond motifs is 1. The van der Waals surface area contributed by atoms with Gasteiger partial charge in [-0.05, 0) is 49.6 Å². The van der Waals surface area contributed by atoms with Gasteiger partial charge in [-0.1, -0.05) is 32.0 Å². The maximum absolute atomic E-state index is 2.50. The molecule has 0 unspecified atom stereocenters. The minimum absolute atomic E-state index is 1.11. The largest absolute Gasteiger partial charge is 0.372 e. The van der Waals surface area contributed by atoms with Crippen molar-refractivity contribution >= 4 is 16.6 Å². The van der Waals surface area contributed by atoms with Crippen LogP contribution in [0.15, 0.2) is 54.6 Å². The van der Waals surface area contributed by atoms with Crippen LogP contribution in [0.1, 0.15) is 32.3 Å². The number of anilines is 1. The fraction of sp³-hybridized carbons (Fsp3) is 0.348. The maximum atomic E-state index is 2.50. The van der Waals surface area contributed by atoms with Gasteiger partial charge in [0.25, 0.3) is 0 Å². The van der Waals surface area contributed by atoms with Gasteiger partial charge in [-0.15, -0.1) is 0 Å². The number of rotatable bonds is 6. The Balaban J connectivity index is 2.11. The molecule has 0 atom stereocenters. The Morgan fingerprint density at radius 3 is 2.32 bits per heavy atom. The zero-order chi connectivity index (χ0) is 17.8. The Morgan fingerprint density at radius 1 is 0.880 bits per heavy atom. The number of pyridine rings is 1. The van der Waals surface area contributed by atoms with Crippen molar-refractivity contribution in [3.63, 3.8) is 0 Å². The lowest BCUT2D eigenvalue weighted by atomic mass is 10.0. The smallest absolute Gasteiger partial charge is 0.213 e. The fourth-order valence-corrected chi connectivity index (χ4v) is 3.61. The third kappa shape index (κ3) is 3.53. The van der Waals surface area contributed by atoms with Crippen LogP contribution >= 0.6 is 0 Å². The molecule has 0 aliphatic carbocycles. The van der Waals surface area contributed by atoms with Gasteiger partial charge in [0.1, 0.15) is 7.05 Å². The molecule has 1 heterocycles. The van der Waals surface area contributed by atoms with E-state index in [0.717, 1.165) is 13.1 Å². The molecular weight excluding hydrogens is 304 g/mol. The van der Waals surface area contributed by atoms with E-state index in [2.05, 4.69) is 91.9 Å². The lowest BCUT2D eigenvalue weighted by Crippen LogP contribution is -2.32. The van der Waals surface area contributed by atoms with Crippen LogP contribution in [0.3, 0.4) is 0 Å². The van der Waals surface area contributed by atoms with Gasteiger partial charge in [0, 0.05) is 36.3 Å². The summed E-state index contributed by atoms with van der Waals surface area (Å²) in [5.74, 6) is 0. The summed E-state index contributed by atoms with van der Waals surface area (Å²) in [6, 6.07) is 19.9. The summed E-state index contributed by atoms with van der Waals surface area (Å²) in [6.07, 6.45) is 2.35. The molecule has 2 heteroatoms.